The molecule has 4 aliphatic heterocycles. The van der Waals surface area contributed by atoms with Crippen molar-refractivity contribution in [3.8, 4) is 0 Å². The summed E-state index contributed by atoms with van der Waals surface area (Å²) < 4.78 is 0. The number of nitrogens with two attached hydrogens (primary N) is 1. The number of anilines is 4. The van der Waals surface area contributed by atoms with Crippen LogP contribution in [0.15, 0.2) is 48.5 Å². The van der Waals surface area contributed by atoms with Crippen molar-refractivity contribution in [2.75, 3.05) is 39.7 Å². The van der Waals surface area contributed by atoms with Crippen LogP contribution in [0.4, 0.5) is 27.5 Å². The molecule has 0 saturated carbocycles. The molecule has 2 aromatic heterocycles. The van der Waals surface area contributed by atoms with E-state index < -0.39 is 6.03 Å². The van der Waals surface area contributed by atoms with Crippen LogP contribution >= 0.6 is 0 Å². The number of H-pyrrole nitrogens is 2. The lowest BCUT2D eigenvalue weighted by molar-refractivity contribution is -0.117. The fraction of sp³-hybridized carbons (Fsp3) is 0.257. The monoisotopic (exact) mass is 613 g/mol. The van der Waals surface area contributed by atoms with Crippen LogP contribution < -0.4 is 25.8 Å². The van der Waals surface area contributed by atoms with Crippen molar-refractivity contribution in [2.45, 2.75) is 38.6 Å². The number of aromatic amines is 2. The molecule has 3 aromatic carbocycles. The molecule has 0 radical (unpaired) electrons. The van der Waals surface area contributed by atoms with E-state index in [1.165, 1.54) is 0 Å². The number of primary amides is 1. The molecule has 11 heteroatoms. The average Bonchev–Trinajstić information content (AvgIpc) is 3.88. The van der Waals surface area contributed by atoms with Crippen LogP contribution in [0.2, 0.25) is 0 Å². The van der Waals surface area contributed by atoms with Crippen molar-refractivity contribution in [2.24, 2.45) is 5.73 Å². The minimum absolute atomic E-state index is 0.0934. The van der Waals surface area contributed by atoms with Gasteiger partial charge in [0.15, 0.2) is 5.78 Å². The zero-order valence-electron chi connectivity index (χ0n) is 25.2. The highest BCUT2D eigenvalue weighted by Gasteiger charge is 2.35. The summed E-state index contributed by atoms with van der Waals surface area (Å²) in [5, 5.41) is 5.19. The van der Waals surface area contributed by atoms with Crippen LogP contribution in [0.1, 0.15) is 50.2 Å². The Morgan fingerprint density at radius 2 is 1.17 bits per heavy atom. The van der Waals surface area contributed by atoms with Crippen LogP contribution in [-0.4, -0.2) is 59.3 Å². The number of ketones is 1. The number of amides is 4. The van der Waals surface area contributed by atoms with Gasteiger partial charge in [0.2, 0.25) is 0 Å². The summed E-state index contributed by atoms with van der Waals surface area (Å²) in [7, 11) is 0. The summed E-state index contributed by atoms with van der Waals surface area (Å²) in [5.41, 5.74) is 16.1. The molecule has 0 fully saturated rings. The van der Waals surface area contributed by atoms with Gasteiger partial charge in [0.05, 0.1) is 6.04 Å². The van der Waals surface area contributed by atoms with Gasteiger partial charge in [0.25, 0.3) is 11.8 Å². The van der Waals surface area contributed by atoms with E-state index in [2.05, 4.69) is 15.3 Å². The number of nitrogens with zero attached hydrogens (tertiary/aromatic N) is 3. The van der Waals surface area contributed by atoms with Gasteiger partial charge >= 0.3 is 6.03 Å². The molecule has 6 heterocycles. The summed E-state index contributed by atoms with van der Waals surface area (Å²) >= 11 is 0. The number of fused-ring (bicyclic) bond motifs is 9. The zero-order valence-corrected chi connectivity index (χ0v) is 25.2. The molecule has 1 unspecified atom stereocenters. The van der Waals surface area contributed by atoms with Gasteiger partial charge in [-0.15, -0.1) is 0 Å². The lowest BCUT2D eigenvalue weighted by Gasteiger charge is -2.17. The van der Waals surface area contributed by atoms with Gasteiger partial charge in [-0.1, -0.05) is 0 Å². The molecule has 0 saturated heterocycles. The standard InChI is InChI=1S/C35H31N7O4/c1-17(43)27-14-21-18-8-11-40(30(18)5-2-24(21)37-27)33(44)28-15-22-19-9-12-41(31(19)6-3-25(22)38-28)34(45)29-16-23-20-10-13-42(35(36)46)32(20)7-4-26(23)39-29/h2-7,15-16,27,37-39H,8-14H2,1H3,(H2,36,46). The number of nitrogens with one attached hydrogen (secondary N) is 3. The highest BCUT2D eigenvalue weighted by atomic mass is 16.2. The maximum absolute atomic E-state index is 13.9. The average molecular weight is 614 g/mol. The Morgan fingerprint density at radius 3 is 1.74 bits per heavy atom. The topological polar surface area (TPSA) is 148 Å². The third kappa shape index (κ3) is 3.71. The first-order chi connectivity index (χ1) is 22.3. The Hall–Kier alpha value is -5.58. The number of aromatic nitrogens is 2. The van der Waals surface area contributed by atoms with Gasteiger partial charge in [-0.25, -0.2) is 4.79 Å². The number of Topliss-reactive ketones (excluding diaryl/α,β-unsaturated/α-hetero) is 1. The number of hydrogen-bond donors (Lipinski definition) is 4. The minimum atomic E-state index is -0.477. The second-order valence-corrected chi connectivity index (χ2v) is 12.7. The normalized spacial score (nSPS) is 17.8. The number of benzene rings is 3. The van der Waals surface area contributed by atoms with Crippen LogP contribution in [0.25, 0.3) is 21.8 Å². The fourth-order valence-electron chi connectivity index (χ4n) is 8.01. The van der Waals surface area contributed by atoms with Crippen LogP contribution in [0.5, 0.6) is 0 Å². The quantitative estimate of drug-likeness (QED) is 0.238. The summed E-state index contributed by atoms with van der Waals surface area (Å²) in [6.07, 6.45) is 2.76. The first-order valence-electron chi connectivity index (χ1n) is 15.7. The molecule has 11 nitrogen and oxygen atoms in total. The largest absolute Gasteiger partial charge is 0.375 e. The zero-order chi connectivity index (χ0) is 31.4. The number of urea groups is 1. The molecule has 230 valence electrons. The molecule has 0 bridgehead atoms. The van der Waals surface area contributed by atoms with Crippen molar-refractivity contribution in [1.29, 1.82) is 0 Å². The third-order valence-corrected chi connectivity index (χ3v) is 10.3. The summed E-state index contributed by atoms with van der Waals surface area (Å²) in [5.74, 6) is -0.101. The number of rotatable bonds is 3. The lowest BCUT2D eigenvalue weighted by atomic mass is 10.00. The van der Waals surface area contributed by atoms with E-state index in [0.29, 0.717) is 50.3 Å². The SMILES string of the molecule is CC(=O)C1Cc2c(ccc3c2CCN3C(=O)c2cc3c4c(ccc3[nH]2)N(C(=O)c2cc3c5c(ccc3[nH]2)N(C(N)=O)CC5)CC4)N1. The van der Waals surface area contributed by atoms with Gasteiger partial charge in [-0.3, -0.25) is 19.3 Å². The van der Waals surface area contributed by atoms with Crippen LogP contribution in [0, 0.1) is 0 Å². The predicted octanol–water partition coefficient (Wildman–Crippen LogP) is 4.42. The van der Waals surface area contributed by atoms with E-state index in [0.717, 1.165) is 73.2 Å². The van der Waals surface area contributed by atoms with Crippen LogP contribution in [0.3, 0.4) is 0 Å². The molecule has 5 aromatic rings. The smallest absolute Gasteiger partial charge is 0.319 e. The van der Waals surface area contributed by atoms with E-state index in [9.17, 15) is 19.2 Å². The summed E-state index contributed by atoms with van der Waals surface area (Å²) in [6.45, 7) is 3.25. The Kier molecular flexibility index (Phi) is 5.51. The Balaban J connectivity index is 1.00. The Labute approximate surface area is 263 Å². The predicted molar refractivity (Wildman–Crippen MR) is 176 cm³/mol. The molecule has 4 aliphatic rings. The van der Waals surface area contributed by atoms with E-state index in [1.807, 2.05) is 53.4 Å². The maximum atomic E-state index is 13.9. The Bertz CT molecular complexity index is 2210. The van der Waals surface area contributed by atoms with E-state index in [-0.39, 0.29) is 23.6 Å². The van der Waals surface area contributed by atoms with Crippen molar-refractivity contribution >= 4 is 68.2 Å². The van der Waals surface area contributed by atoms with Crippen molar-refractivity contribution in [3.05, 3.63) is 82.2 Å². The number of hydrogen-bond acceptors (Lipinski definition) is 5. The lowest BCUT2D eigenvalue weighted by Crippen LogP contribution is -2.33. The van der Waals surface area contributed by atoms with E-state index in [1.54, 1.807) is 16.7 Å². The molecule has 0 aliphatic carbocycles. The third-order valence-electron chi connectivity index (χ3n) is 10.3. The summed E-state index contributed by atoms with van der Waals surface area (Å²) in [6, 6.07) is 14.7. The van der Waals surface area contributed by atoms with Crippen molar-refractivity contribution in [1.82, 2.24) is 9.97 Å². The van der Waals surface area contributed by atoms with E-state index >= 15 is 0 Å². The highest BCUT2D eigenvalue weighted by Crippen LogP contribution is 2.41. The number of carbonyl (C=O) groups excluding carboxylic acids is 4. The second-order valence-electron chi connectivity index (χ2n) is 12.7. The molecule has 0 spiro atoms. The molecule has 4 amide bonds. The van der Waals surface area contributed by atoms with Crippen LogP contribution in [-0.2, 0) is 30.5 Å². The van der Waals surface area contributed by atoms with E-state index in [4.69, 9.17) is 5.73 Å². The highest BCUT2D eigenvalue weighted by molar-refractivity contribution is 6.13. The first kappa shape index (κ1) is 26.8. The molecular weight excluding hydrogens is 582 g/mol. The minimum Gasteiger partial charge on any atom is -0.375 e. The van der Waals surface area contributed by atoms with Gasteiger partial charge in [-0.05, 0) is 97.0 Å². The molecule has 9 rings (SSSR count). The van der Waals surface area contributed by atoms with Crippen molar-refractivity contribution in [3.63, 3.8) is 0 Å². The molecule has 1 atom stereocenters. The first-order valence-corrected chi connectivity index (χ1v) is 15.7. The second kappa shape index (κ2) is 9.46. The Morgan fingerprint density at radius 1 is 0.674 bits per heavy atom. The molecular formula is C35H31N7O4. The number of carbonyl (C=O) groups is 4. The summed E-state index contributed by atoms with van der Waals surface area (Å²) in [4.78, 5) is 63.4. The van der Waals surface area contributed by atoms with Gasteiger partial charge < -0.3 is 30.8 Å². The van der Waals surface area contributed by atoms with Crippen molar-refractivity contribution < 1.29 is 19.2 Å². The maximum Gasteiger partial charge on any atom is 0.319 e. The molecule has 46 heavy (non-hydrogen) atoms. The molecule has 5 N–H and O–H groups in total. The van der Waals surface area contributed by atoms with Gasteiger partial charge in [0.1, 0.15) is 11.4 Å². The van der Waals surface area contributed by atoms with Gasteiger partial charge in [-0.2, -0.15) is 0 Å². The fourth-order valence-corrected chi connectivity index (χ4v) is 8.01. The van der Waals surface area contributed by atoms with Gasteiger partial charge in [0, 0.05) is 70.6 Å².